The standard InChI is InChI=1S/C17H19FN4/c18-13-3-1-2-11(8-13)10-19-16-9-15(12-4-5-12)21-17(22-16)20-14-6-7-14/h1-3,8-9,12,14H,4-7,10H2,(H2,19,20,21,22). The predicted octanol–water partition coefficient (Wildman–Crippen LogP) is 3.68. The van der Waals surface area contributed by atoms with Gasteiger partial charge in [-0.15, -0.1) is 0 Å². The second kappa shape index (κ2) is 5.55. The first-order chi connectivity index (χ1) is 10.8. The van der Waals surface area contributed by atoms with Gasteiger partial charge in [0.2, 0.25) is 5.95 Å². The molecular weight excluding hydrogens is 279 g/mol. The Hall–Kier alpha value is -2.17. The van der Waals surface area contributed by atoms with Crippen LogP contribution in [0.1, 0.15) is 42.9 Å². The average molecular weight is 298 g/mol. The Bertz CT molecular complexity index is 680. The smallest absolute Gasteiger partial charge is 0.225 e. The molecule has 5 heteroatoms. The van der Waals surface area contributed by atoms with Crippen LogP contribution in [0, 0.1) is 5.82 Å². The number of anilines is 2. The Morgan fingerprint density at radius 2 is 1.95 bits per heavy atom. The zero-order valence-corrected chi connectivity index (χ0v) is 12.3. The van der Waals surface area contributed by atoms with E-state index in [0.29, 0.717) is 24.5 Å². The first kappa shape index (κ1) is 13.5. The number of halogens is 1. The molecule has 1 aromatic carbocycles. The van der Waals surface area contributed by atoms with Gasteiger partial charge in [-0.1, -0.05) is 12.1 Å². The SMILES string of the molecule is Fc1cccc(CNc2cc(C3CC3)nc(NC3CC3)n2)c1. The van der Waals surface area contributed by atoms with Crippen LogP contribution in [0.15, 0.2) is 30.3 Å². The van der Waals surface area contributed by atoms with Crippen molar-refractivity contribution in [1.29, 1.82) is 0 Å². The van der Waals surface area contributed by atoms with Crippen molar-refractivity contribution in [3.05, 3.63) is 47.4 Å². The Balaban J connectivity index is 1.50. The van der Waals surface area contributed by atoms with E-state index in [0.717, 1.165) is 17.1 Å². The lowest BCUT2D eigenvalue weighted by Crippen LogP contribution is -2.10. The van der Waals surface area contributed by atoms with E-state index in [1.54, 1.807) is 12.1 Å². The first-order valence-corrected chi connectivity index (χ1v) is 7.90. The van der Waals surface area contributed by atoms with Gasteiger partial charge >= 0.3 is 0 Å². The van der Waals surface area contributed by atoms with Crippen molar-refractivity contribution in [2.45, 2.75) is 44.2 Å². The highest BCUT2D eigenvalue weighted by Crippen LogP contribution is 2.40. The van der Waals surface area contributed by atoms with Crippen LogP contribution in [-0.4, -0.2) is 16.0 Å². The molecule has 0 atom stereocenters. The van der Waals surface area contributed by atoms with Crippen LogP contribution in [0.3, 0.4) is 0 Å². The molecular formula is C17H19FN4. The van der Waals surface area contributed by atoms with E-state index in [-0.39, 0.29) is 5.82 Å². The molecule has 1 heterocycles. The monoisotopic (exact) mass is 298 g/mol. The minimum atomic E-state index is -0.211. The van der Waals surface area contributed by atoms with Crippen molar-refractivity contribution in [3.63, 3.8) is 0 Å². The first-order valence-electron chi connectivity index (χ1n) is 7.90. The van der Waals surface area contributed by atoms with E-state index < -0.39 is 0 Å². The summed E-state index contributed by atoms with van der Waals surface area (Å²) in [7, 11) is 0. The van der Waals surface area contributed by atoms with Crippen LogP contribution in [0.5, 0.6) is 0 Å². The maximum Gasteiger partial charge on any atom is 0.225 e. The average Bonchev–Trinajstić information content (AvgIpc) is 3.37. The van der Waals surface area contributed by atoms with E-state index in [4.69, 9.17) is 0 Å². The third-order valence-corrected chi connectivity index (χ3v) is 4.01. The molecule has 2 aliphatic rings. The van der Waals surface area contributed by atoms with Crippen LogP contribution in [0.2, 0.25) is 0 Å². The molecule has 2 aliphatic carbocycles. The zero-order chi connectivity index (χ0) is 14.9. The van der Waals surface area contributed by atoms with Crippen molar-refractivity contribution in [3.8, 4) is 0 Å². The third-order valence-electron chi connectivity index (χ3n) is 4.01. The lowest BCUT2D eigenvalue weighted by Gasteiger charge is -2.11. The fourth-order valence-corrected chi connectivity index (χ4v) is 2.46. The summed E-state index contributed by atoms with van der Waals surface area (Å²) in [6.07, 6.45) is 4.82. The molecule has 0 bridgehead atoms. The molecule has 2 saturated carbocycles. The molecule has 0 spiro atoms. The molecule has 2 N–H and O–H groups in total. The van der Waals surface area contributed by atoms with Crippen LogP contribution in [0.4, 0.5) is 16.2 Å². The lowest BCUT2D eigenvalue weighted by atomic mass is 10.2. The molecule has 4 nitrogen and oxygen atoms in total. The minimum Gasteiger partial charge on any atom is -0.366 e. The second-order valence-corrected chi connectivity index (χ2v) is 6.18. The number of nitrogens with zero attached hydrogens (tertiary/aromatic N) is 2. The highest BCUT2D eigenvalue weighted by atomic mass is 19.1. The summed E-state index contributed by atoms with van der Waals surface area (Å²) < 4.78 is 13.2. The van der Waals surface area contributed by atoms with Crippen LogP contribution >= 0.6 is 0 Å². The maximum absolute atomic E-state index is 13.2. The number of benzene rings is 1. The molecule has 0 unspecified atom stereocenters. The molecule has 0 aliphatic heterocycles. The molecule has 0 radical (unpaired) electrons. The Morgan fingerprint density at radius 1 is 1.09 bits per heavy atom. The topological polar surface area (TPSA) is 49.8 Å². The Morgan fingerprint density at radius 3 is 2.68 bits per heavy atom. The van der Waals surface area contributed by atoms with Crippen molar-refractivity contribution in [2.75, 3.05) is 10.6 Å². The van der Waals surface area contributed by atoms with Crippen LogP contribution in [0.25, 0.3) is 0 Å². The highest BCUT2D eigenvalue weighted by Gasteiger charge is 2.27. The van der Waals surface area contributed by atoms with Crippen molar-refractivity contribution in [2.24, 2.45) is 0 Å². The number of hydrogen-bond acceptors (Lipinski definition) is 4. The van der Waals surface area contributed by atoms with Crippen LogP contribution < -0.4 is 10.6 Å². The summed E-state index contributed by atoms with van der Waals surface area (Å²) >= 11 is 0. The molecule has 4 rings (SSSR count). The number of aromatic nitrogens is 2. The fourth-order valence-electron chi connectivity index (χ4n) is 2.46. The van der Waals surface area contributed by atoms with Crippen molar-refractivity contribution >= 4 is 11.8 Å². The normalized spacial score (nSPS) is 17.3. The van der Waals surface area contributed by atoms with E-state index >= 15 is 0 Å². The number of nitrogens with one attached hydrogen (secondary N) is 2. The van der Waals surface area contributed by atoms with Gasteiger partial charge in [0.05, 0.1) is 5.69 Å². The van der Waals surface area contributed by atoms with Gasteiger partial charge in [0.1, 0.15) is 11.6 Å². The van der Waals surface area contributed by atoms with Gasteiger partial charge in [-0.25, -0.2) is 9.37 Å². The fraction of sp³-hybridized carbons (Fsp3) is 0.412. The molecule has 22 heavy (non-hydrogen) atoms. The molecule has 2 fully saturated rings. The predicted molar refractivity (Wildman–Crippen MR) is 84.4 cm³/mol. The van der Waals surface area contributed by atoms with E-state index in [9.17, 15) is 4.39 Å². The molecule has 0 amide bonds. The van der Waals surface area contributed by atoms with Crippen molar-refractivity contribution in [1.82, 2.24) is 9.97 Å². The summed E-state index contributed by atoms with van der Waals surface area (Å²) in [6.45, 7) is 0.557. The van der Waals surface area contributed by atoms with Gasteiger partial charge in [0, 0.05) is 24.6 Å². The Kier molecular flexibility index (Phi) is 3.41. The number of rotatable bonds is 6. The Labute approximate surface area is 129 Å². The summed E-state index contributed by atoms with van der Waals surface area (Å²) in [6, 6.07) is 9.18. The van der Waals surface area contributed by atoms with E-state index in [1.807, 2.05) is 12.1 Å². The van der Waals surface area contributed by atoms with Crippen LogP contribution in [-0.2, 0) is 6.54 Å². The van der Waals surface area contributed by atoms with Gasteiger partial charge in [-0.3, -0.25) is 0 Å². The lowest BCUT2D eigenvalue weighted by molar-refractivity contribution is 0.626. The quantitative estimate of drug-likeness (QED) is 0.854. The van der Waals surface area contributed by atoms with Crippen molar-refractivity contribution < 1.29 is 4.39 Å². The van der Waals surface area contributed by atoms with Gasteiger partial charge in [0.25, 0.3) is 0 Å². The molecule has 114 valence electrons. The third kappa shape index (κ3) is 3.35. The largest absolute Gasteiger partial charge is 0.366 e. The van der Waals surface area contributed by atoms with Gasteiger partial charge in [-0.2, -0.15) is 4.98 Å². The molecule has 0 saturated heterocycles. The van der Waals surface area contributed by atoms with E-state index in [2.05, 4.69) is 20.6 Å². The van der Waals surface area contributed by atoms with Gasteiger partial charge < -0.3 is 10.6 Å². The number of hydrogen-bond donors (Lipinski definition) is 2. The molecule has 1 aromatic heterocycles. The van der Waals surface area contributed by atoms with E-state index in [1.165, 1.54) is 31.7 Å². The van der Waals surface area contributed by atoms with Gasteiger partial charge in [0.15, 0.2) is 0 Å². The molecule has 2 aromatic rings. The minimum absolute atomic E-state index is 0.211. The summed E-state index contributed by atoms with van der Waals surface area (Å²) in [5.41, 5.74) is 2.02. The second-order valence-electron chi connectivity index (χ2n) is 6.18. The van der Waals surface area contributed by atoms with Gasteiger partial charge in [-0.05, 0) is 43.4 Å². The zero-order valence-electron chi connectivity index (χ0n) is 12.3. The highest BCUT2D eigenvalue weighted by molar-refractivity contribution is 5.45. The summed E-state index contributed by atoms with van der Waals surface area (Å²) in [4.78, 5) is 9.16. The maximum atomic E-state index is 13.2. The summed E-state index contributed by atoms with van der Waals surface area (Å²) in [5, 5.41) is 6.65. The summed E-state index contributed by atoms with van der Waals surface area (Å²) in [5.74, 6) is 1.90.